The molecule has 0 radical (unpaired) electrons. The molecule has 2 nitrogen and oxygen atoms in total. The number of nitrogens with zero attached hydrogens (tertiary/aromatic N) is 1. The fourth-order valence-electron chi connectivity index (χ4n) is 5.38. The molecule has 22 heavy (non-hydrogen) atoms. The summed E-state index contributed by atoms with van der Waals surface area (Å²) in [4.78, 5) is 2.67. The Hall–Kier alpha value is -1.28. The largest absolute Gasteiger partial charge is 0.350 e. The Kier molecular flexibility index (Phi) is 2.91. The van der Waals surface area contributed by atoms with Gasteiger partial charge in [-0.1, -0.05) is 30.2 Å². The van der Waals surface area contributed by atoms with Crippen molar-refractivity contribution in [3.05, 3.63) is 41.1 Å². The van der Waals surface area contributed by atoms with Crippen LogP contribution < -0.4 is 4.90 Å². The second kappa shape index (κ2) is 4.86. The molecule has 1 saturated carbocycles. The maximum Gasteiger partial charge on any atom is 0.148 e. The number of benzene rings is 1. The topological polar surface area (TPSA) is 12.5 Å². The predicted octanol–water partition coefficient (Wildman–Crippen LogP) is 5.14. The van der Waals surface area contributed by atoms with Crippen LogP contribution in [0.1, 0.15) is 63.4 Å². The van der Waals surface area contributed by atoms with E-state index in [1.165, 1.54) is 69.0 Å². The van der Waals surface area contributed by atoms with Crippen molar-refractivity contribution in [2.75, 3.05) is 4.90 Å². The first-order valence-electron chi connectivity index (χ1n) is 9.11. The lowest BCUT2D eigenvalue weighted by atomic mass is 9.70. The van der Waals surface area contributed by atoms with Crippen LogP contribution >= 0.6 is 0 Å². The molecule has 2 aliphatic carbocycles. The van der Waals surface area contributed by atoms with Gasteiger partial charge in [0.15, 0.2) is 0 Å². The Bertz CT molecular complexity index is 634. The van der Waals surface area contributed by atoms with Gasteiger partial charge in [0, 0.05) is 22.9 Å². The molecule has 4 aliphatic rings. The second-order valence-corrected chi connectivity index (χ2v) is 7.50. The van der Waals surface area contributed by atoms with E-state index in [1.54, 1.807) is 11.3 Å². The van der Waals surface area contributed by atoms with Gasteiger partial charge < -0.3 is 9.64 Å². The number of anilines is 1. The maximum atomic E-state index is 6.64. The summed E-state index contributed by atoms with van der Waals surface area (Å²) in [5.74, 6) is 0.700. The van der Waals surface area contributed by atoms with E-state index in [0.717, 1.165) is 6.61 Å². The molecule has 116 valence electrons. The van der Waals surface area contributed by atoms with Crippen molar-refractivity contribution in [1.82, 2.24) is 0 Å². The van der Waals surface area contributed by atoms with Crippen molar-refractivity contribution in [3.63, 3.8) is 0 Å². The molecule has 0 aromatic heterocycles. The minimum atomic E-state index is -0.0250. The summed E-state index contributed by atoms with van der Waals surface area (Å²) in [6.07, 6.45) is 11.9. The van der Waals surface area contributed by atoms with Crippen LogP contribution in [-0.2, 0) is 11.3 Å². The van der Waals surface area contributed by atoms with Crippen LogP contribution in [0.2, 0.25) is 0 Å². The zero-order valence-electron chi connectivity index (χ0n) is 13.3. The first kappa shape index (κ1) is 13.2. The highest BCUT2D eigenvalue weighted by molar-refractivity contribution is 5.63. The lowest BCUT2D eigenvalue weighted by molar-refractivity contribution is -0.127. The minimum Gasteiger partial charge on any atom is -0.350 e. The molecule has 0 saturated heterocycles. The standard InChI is InChI=1S/C20H25NO/c1-3-10-18-15(7-1)13-17-9-5-6-12-20(17)21(18)19-11-4-2-8-16(19)14-22-20/h2,4,8,11,17H,1,3,5-7,9-10,12-14H2. The van der Waals surface area contributed by atoms with E-state index in [2.05, 4.69) is 29.2 Å². The first-order valence-corrected chi connectivity index (χ1v) is 9.11. The molecule has 0 amide bonds. The summed E-state index contributed by atoms with van der Waals surface area (Å²) in [6.45, 7) is 0.797. The van der Waals surface area contributed by atoms with Gasteiger partial charge in [-0.15, -0.1) is 0 Å². The fourth-order valence-corrected chi connectivity index (χ4v) is 5.38. The number of fused-ring (bicyclic) bond motifs is 3. The summed E-state index contributed by atoms with van der Waals surface area (Å²) in [7, 11) is 0. The highest BCUT2D eigenvalue weighted by atomic mass is 16.5. The molecule has 2 atom stereocenters. The van der Waals surface area contributed by atoms with Crippen LogP contribution in [0.3, 0.4) is 0 Å². The van der Waals surface area contributed by atoms with E-state index in [9.17, 15) is 0 Å². The van der Waals surface area contributed by atoms with E-state index >= 15 is 0 Å². The Balaban J connectivity index is 1.72. The Morgan fingerprint density at radius 3 is 2.95 bits per heavy atom. The third-order valence-corrected chi connectivity index (χ3v) is 6.38. The molecule has 1 spiro atoms. The normalized spacial score (nSPS) is 33.6. The number of allylic oxidation sites excluding steroid dienone is 2. The van der Waals surface area contributed by atoms with Crippen molar-refractivity contribution in [1.29, 1.82) is 0 Å². The van der Waals surface area contributed by atoms with Gasteiger partial charge in [-0.2, -0.15) is 0 Å². The van der Waals surface area contributed by atoms with Crippen LogP contribution in [0.25, 0.3) is 0 Å². The van der Waals surface area contributed by atoms with E-state index in [-0.39, 0.29) is 5.72 Å². The number of ether oxygens (including phenoxy) is 1. The molecule has 1 aromatic carbocycles. The molecular formula is C20H25NO. The Labute approximate surface area is 133 Å². The summed E-state index contributed by atoms with van der Waals surface area (Å²) in [5.41, 5.74) is 6.15. The molecule has 2 heteroatoms. The predicted molar refractivity (Wildman–Crippen MR) is 88.5 cm³/mol. The molecule has 0 bridgehead atoms. The highest BCUT2D eigenvalue weighted by Crippen LogP contribution is 2.55. The SMILES string of the molecule is c1ccc2c(c1)COC13CCCCC1CC1=C(CCCC1)N23. The molecule has 2 unspecified atom stereocenters. The fraction of sp³-hybridized carbons (Fsp3) is 0.600. The van der Waals surface area contributed by atoms with Crippen molar-refractivity contribution in [2.45, 2.75) is 70.1 Å². The molecule has 0 N–H and O–H groups in total. The molecule has 1 aromatic rings. The average Bonchev–Trinajstić information content (AvgIpc) is 2.59. The molecule has 1 fully saturated rings. The smallest absolute Gasteiger partial charge is 0.148 e. The van der Waals surface area contributed by atoms with Gasteiger partial charge in [0.2, 0.25) is 0 Å². The molecular weight excluding hydrogens is 270 g/mol. The van der Waals surface area contributed by atoms with Crippen LogP contribution in [0.4, 0.5) is 5.69 Å². The minimum absolute atomic E-state index is 0.0250. The van der Waals surface area contributed by atoms with Crippen molar-refractivity contribution in [2.24, 2.45) is 5.92 Å². The number of hydrogen-bond donors (Lipinski definition) is 0. The van der Waals surface area contributed by atoms with Crippen molar-refractivity contribution < 1.29 is 4.74 Å². The molecule has 2 aliphatic heterocycles. The quantitative estimate of drug-likeness (QED) is 0.657. The monoisotopic (exact) mass is 295 g/mol. The van der Waals surface area contributed by atoms with E-state index in [4.69, 9.17) is 4.74 Å². The highest BCUT2D eigenvalue weighted by Gasteiger charge is 2.53. The molecule has 5 rings (SSSR count). The van der Waals surface area contributed by atoms with E-state index < -0.39 is 0 Å². The van der Waals surface area contributed by atoms with Crippen molar-refractivity contribution in [3.8, 4) is 0 Å². The third kappa shape index (κ3) is 1.70. The second-order valence-electron chi connectivity index (χ2n) is 7.50. The third-order valence-electron chi connectivity index (χ3n) is 6.38. The van der Waals surface area contributed by atoms with Crippen LogP contribution in [0.5, 0.6) is 0 Å². The summed E-state index contributed by atoms with van der Waals surface area (Å²) in [5, 5.41) is 0. The van der Waals surface area contributed by atoms with Gasteiger partial charge in [0.1, 0.15) is 5.72 Å². The van der Waals surface area contributed by atoms with Crippen LogP contribution in [-0.4, -0.2) is 5.72 Å². The summed E-state index contributed by atoms with van der Waals surface area (Å²) < 4.78 is 6.64. The van der Waals surface area contributed by atoms with Gasteiger partial charge in [0.05, 0.1) is 6.61 Å². The average molecular weight is 295 g/mol. The lowest BCUT2D eigenvalue weighted by Gasteiger charge is -2.59. The van der Waals surface area contributed by atoms with E-state index in [1.807, 2.05) is 0 Å². The van der Waals surface area contributed by atoms with Gasteiger partial charge in [-0.05, 0) is 57.4 Å². The van der Waals surface area contributed by atoms with Crippen molar-refractivity contribution >= 4 is 5.69 Å². The maximum absolute atomic E-state index is 6.64. The van der Waals surface area contributed by atoms with Crippen LogP contribution in [0, 0.1) is 5.92 Å². The van der Waals surface area contributed by atoms with E-state index in [0.29, 0.717) is 5.92 Å². The van der Waals surface area contributed by atoms with Crippen LogP contribution in [0.15, 0.2) is 35.5 Å². The Morgan fingerprint density at radius 2 is 1.95 bits per heavy atom. The number of hydrogen-bond acceptors (Lipinski definition) is 2. The van der Waals surface area contributed by atoms with Gasteiger partial charge in [0.25, 0.3) is 0 Å². The summed E-state index contributed by atoms with van der Waals surface area (Å²) in [6, 6.07) is 8.93. The molecule has 2 heterocycles. The van der Waals surface area contributed by atoms with Gasteiger partial charge in [-0.3, -0.25) is 0 Å². The number of para-hydroxylation sites is 1. The Morgan fingerprint density at radius 1 is 1.05 bits per heavy atom. The number of rotatable bonds is 0. The lowest BCUT2D eigenvalue weighted by Crippen LogP contribution is -2.61. The first-order chi connectivity index (χ1) is 10.9. The van der Waals surface area contributed by atoms with Gasteiger partial charge in [-0.25, -0.2) is 0 Å². The zero-order valence-corrected chi connectivity index (χ0v) is 13.3. The zero-order chi connectivity index (χ0) is 14.6. The van der Waals surface area contributed by atoms with Gasteiger partial charge >= 0.3 is 0 Å². The summed E-state index contributed by atoms with van der Waals surface area (Å²) >= 11 is 0.